The highest BCUT2D eigenvalue weighted by Crippen LogP contribution is 2.25. The van der Waals surface area contributed by atoms with Crippen molar-refractivity contribution in [2.75, 3.05) is 11.9 Å². The number of hydrogen-bond donors (Lipinski definition) is 2. The number of hydrogen-bond acceptors (Lipinski definition) is 2. The fourth-order valence-corrected chi connectivity index (χ4v) is 1.52. The quantitative estimate of drug-likeness (QED) is 0.827. The summed E-state index contributed by atoms with van der Waals surface area (Å²) in [6.07, 6.45) is 2.69. The molecule has 0 unspecified atom stereocenters. The van der Waals surface area contributed by atoms with E-state index in [4.69, 9.17) is 5.11 Å². The van der Waals surface area contributed by atoms with Crippen LogP contribution in [-0.4, -0.2) is 17.6 Å². The molecule has 2 N–H and O–H groups in total. The van der Waals surface area contributed by atoms with E-state index in [2.05, 4.69) is 21.2 Å². The normalized spacial score (nSPS) is 10.5. The van der Waals surface area contributed by atoms with Crippen LogP contribution < -0.4 is 5.32 Å². The van der Waals surface area contributed by atoms with Gasteiger partial charge in [0, 0.05) is 22.8 Å². The third-order valence-corrected chi connectivity index (χ3v) is 2.92. The van der Waals surface area contributed by atoms with Crippen molar-refractivity contribution in [2.45, 2.75) is 6.92 Å². The lowest BCUT2D eigenvalue weighted by molar-refractivity contribution is -0.131. The average Bonchev–Trinajstić information content (AvgIpc) is 2.18. The molecule has 0 atom stereocenters. The van der Waals surface area contributed by atoms with Gasteiger partial charge < -0.3 is 10.4 Å². The standard InChI is InChI=1S/C11H12BrNO2/c1-8-4-2-5-9(11(8)12)13-7-3-6-10(14)15/h2-6,13H,7H2,1H3,(H,14,15)/b6-3+. The molecule has 0 spiro atoms. The fraction of sp³-hybridized carbons (Fsp3) is 0.182. The molecular weight excluding hydrogens is 258 g/mol. The number of rotatable bonds is 4. The molecule has 0 aliphatic rings. The lowest BCUT2D eigenvalue weighted by Crippen LogP contribution is -2.00. The number of anilines is 1. The summed E-state index contributed by atoms with van der Waals surface area (Å²) in [4.78, 5) is 10.2. The second kappa shape index (κ2) is 5.56. The van der Waals surface area contributed by atoms with E-state index >= 15 is 0 Å². The van der Waals surface area contributed by atoms with Crippen molar-refractivity contribution in [3.8, 4) is 0 Å². The number of aliphatic carboxylic acids is 1. The SMILES string of the molecule is Cc1cccc(NC/C=C/C(=O)O)c1Br. The Labute approximate surface area is 96.9 Å². The molecule has 4 heteroatoms. The van der Waals surface area contributed by atoms with Gasteiger partial charge in [-0.15, -0.1) is 0 Å². The van der Waals surface area contributed by atoms with Crippen LogP contribution in [0.25, 0.3) is 0 Å². The van der Waals surface area contributed by atoms with Crippen LogP contribution in [0.4, 0.5) is 5.69 Å². The summed E-state index contributed by atoms with van der Waals surface area (Å²) in [7, 11) is 0. The topological polar surface area (TPSA) is 49.3 Å². The molecule has 0 aromatic heterocycles. The van der Waals surface area contributed by atoms with Crippen molar-refractivity contribution in [3.05, 3.63) is 40.4 Å². The number of benzene rings is 1. The van der Waals surface area contributed by atoms with Gasteiger partial charge in [0.25, 0.3) is 0 Å². The summed E-state index contributed by atoms with van der Waals surface area (Å²) >= 11 is 3.46. The van der Waals surface area contributed by atoms with Crippen LogP contribution in [0, 0.1) is 6.92 Å². The number of aryl methyl sites for hydroxylation is 1. The molecule has 15 heavy (non-hydrogen) atoms. The van der Waals surface area contributed by atoms with Crippen LogP contribution in [0.1, 0.15) is 5.56 Å². The molecule has 0 aliphatic heterocycles. The lowest BCUT2D eigenvalue weighted by Gasteiger charge is -2.07. The molecule has 0 saturated carbocycles. The van der Waals surface area contributed by atoms with Crippen molar-refractivity contribution in [1.29, 1.82) is 0 Å². The number of halogens is 1. The van der Waals surface area contributed by atoms with E-state index in [0.29, 0.717) is 6.54 Å². The van der Waals surface area contributed by atoms with E-state index < -0.39 is 5.97 Å². The molecule has 80 valence electrons. The Morgan fingerprint density at radius 3 is 3.00 bits per heavy atom. The van der Waals surface area contributed by atoms with Gasteiger partial charge in [0.05, 0.1) is 0 Å². The Balaban J connectivity index is 2.58. The van der Waals surface area contributed by atoms with E-state index in [1.807, 2.05) is 25.1 Å². The third kappa shape index (κ3) is 3.75. The molecule has 0 heterocycles. The minimum absolute atomic E-state index is 0.494. The predicted octanol–water partition coefficient (Wildman–Crippen LogP) is 2.81. The molecule has 1 aromatic rings. The number of carbonyl (C=O) groups is 1. The number of carboxylic acid groups (broad SMARTS) is 1. The lowest BCUT2D eigenvalue weighted by atomic mass is 10.2. The van der Waals surface area contributed by atoms with E-state index in [-0.39, 0.29) is 0 Å². The molecular formula is C11H12BrNO2. The monoisotopic (exact) mass is 269 g/mol. The van der Waals surface area contributed by atoms with Gasteiger partial charge in [0.1, 0.15) is 0 Å². The zero-order valence-electron chi connectivity index (χ0n) is 8.33. The zero-order chi connectivity index (χ0) is 11.3. The highest BCUT2D eigenvalue weighted by Gasteiger charge is 1.99. The van der Waals surface area contributed by atoms with Crippen LogP contribution in [0.15, 0.2) is 34.8 Å². The predicted molar refractivity (Wildman–Crippen MR) is 64.1 cm³/mol. The van der Waals surface area contributed by atoms with Gasteiger partial charge in [-0.05, 0) is 34.5 Å². The smallest absolute Gasteiger partial charge is 0.328 e. The average molecular weight is 270 g/mol. The number of carboxylic acids is 1. The maximum absolute atomic E-state index is 10.2. The maximum Gasteiger partial charge on any atom is 0.328 e. The molecule has 3 nitrogen and oxygen atoms in total. The Morgan fingerprint density at radius 2 is 2.33 bits per heavy atom. The van der Waals surface area contributed by atoms with E-state index in [1.165, 1.54) is 0 Å². The van der Waals surface area contributed by atoms with Gasteiger partial charge in [-0.3, -0.25) is 0 Å². The highest BCUT2D eigenvalue weighted by atomic mass is 79.9. The molecule has 0 aliphatic carbocycles. The molecule has 0 radical (unpaired) electrons. The molecule has 0 amide bonds. The van der Waals surface area contributed by atoms with E-state index in [9.17, 15) is 4.79 Å². The molecule has 1 aromatic carbocycles. The zero-order valence-corrected chi connectivity index (χ0v) is 9.91. The van der Waals surface area contributed by atoms with Gasteiger partial charge in [-0.2, -0.15) is 0 Å². The second-order valence-electron chi connectivity index (χ2n) is 3.06. The van der Waals surface area contributed by atoms with Gasteiger partial charge in [-0.1, -0.05) is 18.2 Å². The van der Waals surface area contributed by atoms with Crippen LogP contribution >= 0.6 is 15.9 Å². The van der Waals surface area contributed by atoms with E-state index in [0.717, 1.165) is 21.8 Å². The Bertz CT molecular complexity index is 388. The van der Waals surface area contributed by atoms with Crippen LogP contribution in [0.3, 0.4) is 0 Å². The number of nitrogens with one attached hydrogen (secondary N) is 1. The minimum atomic E-state index is -0.930. The Kier molecular flexibility index (Phi) is 4.37. The van der Waals surface area contributed by atoms with Crippen molar-refractivity contribution in [2.24, 2.45) is 0 Å². The van der Waals surface area contributed by atoms with Gasteiger partial charge in [0.2, 0.25) is 0 Å². The Hall–Kier alpha value is -1.29. The first-order valence-electron chi connectivity index (χ1n) is 4.49. The summed E-state index contributed by atoms with van der Waals surface area (Å²) < 4.78 is 1.01. The summed E-state index contributed by atoms with van der Waals surface area (Å²) in [5.41, 5.74) is 2.10. The molecule has 0 saturated heterocycles. The van der Waals surface area contributed by atoms with Crippen LogP contribution in [0.5, 0.6) is 0 Å². The molecule has 0 fully saturated rings. The van der Waals surface area contributed by atoms with E-state index in [1.54, 1.807) is 6.08 Å². The largest absolute Gasteiger partial charge is 0.478 e. The Morgan fingerprint density at radius 1 is 1.60 bits per heavy atom. The maximum atomic E-state index is 10.2. The van der Waals surface area contributed by atoms with Gasteiger partial charge in [-0.25, -0.2) is 4.79 Å². The van der Waals surface area contributed by atoms with Crippen molar-refractivity contribution in [3.63, 3.8) is 0 Å². The second-order valence-corrected chi connectivity index (χ2v) is 3.85. The van der Waals surface area contributed by atoms with Gasteiger partial charge >= 0.3 is 5.97 Å². The summed E-state index contributed by atoms with van der Waals surface area (Å²) in [6.45, 7) is 2.50. The summed E-state index contributed by atoms with van der Waals surface area (Å²) in [5.74, 6) is -0.930. The van der Waals surface area contributed by atoms with Crippen molar-refractivity contribution < 1.29 is 9.90 Å². The first kappa shape index (κ1) is 11.8. The van der Waals surface area contributed by atoms with Crippen molar-refractivity contribution in [1.82, 2.24) is 0 Å². The summed E-state index contributed by atoms with van der Waals surface area (Å²) in [6, 6.07) is 5.89. The third-order valence-electron chi connectivity index (χ3n) is 1.86. The van der Waals surface area contributed by atoms with Gasteiger partial charge in [0.15, 0.2) is 0 Å². The highest BCUT2D eigenvalue weighted by molar-refractivity contribution is 9.10. The summed E-state index contributed by atoms with van der Waals surface area (Å²) in [5, 5.41) is 11.5. The molecule has 1 rings (SSSR count). The van der Waals surface area contributed by atoms with Crippen LogP contribution in [0.2, 0.25) is 0 Å². The first-order valence-corrected chi connectivity index (χ1v) is 5.29. The van der Waals surface area contributed by atoms with Crippen molar-refractivity contribution >= 4 is 27.6 Å². The van der Waals surface area contributed by atoms with Crippen LogP contribution in [-0.2, 0) is 4.79 Å². The first-order chi connectivity index (χ1) is 7.11. The minimum Gasteiger partial charge on any atom is -0.478 e. The fourth-order valence-electron chi connectivity index (χ4n) is 1.11. The molecule has 0 bridgehead atoms.